The first-order valence-corrected chi connectivity index (χ1v) is 8.23. The van der Waals surface area contributed by atoms with Crippen molar-refractivity contribution in [2.45, 2.75) is 23.6 Å². The molecule has 0 bridgehead atoms. The molecule has 0 fully saturated rings. The van der Waals surface area contributed by atoms with E-state index in [2.05, 4.69) is 5.73 Å². The Labute approximate surface area is 112 Å². The Morgan fingerprint density at radius 2 is 1.63 bits per heavy atom. The second-order valence-corrected chi connectivity index (χ2v) is 7.19. The summed E-state index contributed by atoms with van der Waals surface area (Å²) in [4.78, 5) is 8.70. The first kappa shape index (κ1) is 17.6. The second kappa shape index (κ2) is 6.13. The molecule has 1 amide bonds. The van der Waals surface area contributed by atoms with E-state index in [9.17, 15) is 21.6 Å². The van der Waals surface area contributed by atoms with Crippen LogP contribution in [0.2, 0.25) is 0 Å². The molecular weight excluding hydrogens is 294 g/mol. The Bertz CT molecular complexity index is 672. The maximum absolute atomic E-state index is 11.3. The standard InChI is InChI=1S/C8H10O5S2.C2H5NO/c1-6-3-4-7(15(11,12)13)5-8(6)14(2,9)10;1-2(3)4/h3-5H,1-2H3,(H,11,12,13);1H3,(H2,3,4). The minimum Gasteiger partial charge on any atom is -0.370 e. The van der Waals surface area contributed by atoms with E-state index in [1.165, 1.54) is 13.0 Å². The Morgan fingerprint density at radius 1 is 1.21 bits per heavy atom. The lowest BCUT2D eigenvalue weighted by molar-refractivity contribution is -0.115. The number of hydrogen-bond acceptors (Lipinski definition) is 5. The highest BCUT2D eigenvalue weighted by molar-refractivity contribution is 7.90. The van der Waals surface area contributed by atoms with Gasteiger partial charge < -0.3 is 5.73 Å². The predicted molar refractivity (Wildman–Crippen MR) is 69.0 cm³/mol. The van der Waals surface area contributed by atoms with Gasteiger partial charge in [-0.15, -0.1) is 0 Å². The van der Waals surface area contributed by atoms with Crippen molar-refractivity contribution in [1.82, 2.24) is 0 Å². The molecule has 0 radical (unpaired) electrons. The van der Waals surface area contributed by atoms with E-state index in [-0.39, 0.29) is 10.8 Å². The van der Waals surface area contributed by atoms with E-state index < -0.39 is 24.9 Å². The fourth-order valence-corrected chi connectivity index (χ4v) is 2.72. The molecule has 9 heteroatoms. The van der Waals surface area contributed by atoms with E-state index in [4.69, 9.17) is 4.55 Å². The van der Waals surface area contributed by atoms with E-state index in [1.807, 2.05) is 0 Å². The summed E-state index contributed by atoms with van der Waals surface area (Å²) in [5.74, 6) is -0.333. The number of rotatable bonds is 2. The zero-order valence-electron chi connectivity index (χ0n) is 10.6. The summed E-state index contributed by atoms with van der Waals surface area (Å²) >= 11 is 0. The van der Waals surface area contributed by atoms with Crippen LogP contribution in [0.1, 0.15) is 12.5 Å². The number of carbonyl (C=O) groups excluding carboxylic acids is 1. The SMILES string of the molecule is CC(N)=O.Cc1ccc(S(=O)(=O)O)cc1S(C)(=O)=O. The van der Waals surface area contributed by atoms with Gasteiger partial charge in [0.15, 0.2) is 9.84 Å². The van der Waals surface area contributed by atoms with Crippen LogP contribution < -0.4 is 5.73 Å². The van der Waals surface area contributed by atoms with Gasteiger partial charge in [0, 0.05) is 13.2 Å². The van der Waals surface area contributed by atoms with E-state index in [0.717, 1.165) is 18.4 Å². The Hall–Kier alpha value is -1.45. The molecule has 1 rings (SSSR count). The number of benzene rings is 1. The summed E-state index contributed by atoms with van der Waals surface area (Å²) in [6.07, 6.45) is 0.975. The average Bonchev–Trinajstić information content (AvgIpc) is 2.13. The lowest BCUT2D eigenvalue weighted by Gasteiger charge is -2.04. The van der Waals surface area contributed by atoms with Gasteiger partial charge in [-0.2, -0.15) is 8.42 Å². The van der Waals surface area contributed by atoms with Gasteiger partial charge in [-0.05, 0) is 24.6 Å². The van der Waals surface area contributed by atoms with Crippen LogP contribution >= 0.6 is 0 Å². The van der Waals surface area contributed by atoms with Gasteiger partial charge in [-0.3, -0.25) is 9.35 Å². The summed E-state index contributed by atoms with van der Waals surface area (Å²) < 4.78 is 52.8. The van der Waals surface area contributed by atoms with Crippen LogP contribution in [0.15, 0.2) is 28.0 Å². The Kier molecular flexibility index (Phi) is 5.66. The summed E-state index contributed by atoms with van der Waals surface area (Å²) in [6, 6.07) is 3.43. The number of hydrogen-bond donors (Lipinski definition) is 2. The van der Waals surface area contributed by atoms with Crippen molar-refractivity contribution in [2.24, 2.45) is 5.73 Å². The molecule has 0 aromatic heterocycles. The van der Waals surface area contributed by atoms with Crippen molar-refractivity contribution in [3.63, 3.8) is 0 Å². The number of amides is 1. The van der Waals surface area contributed by atoms with Crippen LogP contribution in [0.3, 0.4) is 0 Å². The molecule has 1 aromatic carbocycles. The molecule has 0 aliphatic heterocycles. The van der Waals surface area contributed by atoms with Gasteiger partial charge in [0.2, 0.25) is 5.91 Å². The van der Waals surface area contributed by atoms with Crippen LogP contribution in [0.5, 0.6) is 0 Å². The van der Waals surface area contributed by atoms with Crippen molar-refractivity contribution in [3.8, 4) is 0 Å². The number of nitrogens with two attached hydrogens (primary N) is 1. The van der Waals surface area contributed by atoms with Crippen LogP contribution in [-0.2, 0) is 24.7 Å². The highest BCUT2D eigenvalue weighted by Gasteiger charge is 2.16. The van der Waals surface area contributed by atoms with Gasteiger partial charge >= 0.3 is 0 Å². The Balaban J connectivity index is 0.000000711. The van der Waals surface area contributed by atoms with Crippen LogP contribution in [0.25, 0.3) is 0 Å². The quantitative estimate of drug-likeness (QED) is 0.747. The smallest absolute Gasteiger partial charge is 0.294 e. The van der Waals surface area contributed by atoms with Gasteiger partial charge in [-0.1, -0.05) is 6.07 Å². The van der Waals surface area contributed by atoms with Crippen LogP contribution in [0.4, 0.5) is 0 Å². The first-order valence-electron chi connectivity index (χ1n) is 4.90. The van der Waals surface area contributed by atoms with E-state index in [1.54, 1.807) is 6.92 Å². The van der Waals surface area contributed by atoms with Crippen LogP contribution in [0, 0.1) is 6.92 Å². The highest BCUT2D eigenvalue weighted by Crippen LogP contribution is 2.19. The molecule has 0 aliphatic carbocycles. The van der Waals surface area contributed by atoms with Crippen molar-refractivity contribution in [2.75, 3.05) is 6.26 Å². The Morgan fingerprint density at radius 3 is 1.95 bits per heavy atom. The third-order valence-corrected chi connectivity index (χ3v) is 3.95. The number of primary amides is 1. The van der Waals surface area contributed by atoms with Crippen LogP contribution in [-0.4, -0.2) is 33.6 Å². The zero-order valence-corrected chi connectivity index (χ0v) is 12.2. The van der Waals surface area contributed by atoms with Gasteiger partial charge in [0.05, 0.1) is 9.79 Å². The molecule has 0 aliphatic rings. The molecule has 108 valence electrons. The fourth-order valence-electron chi connectivity index (χ4n) is 1.14. The number of sulfone groups is 1. The molecule has 0 spiro atoms. The van der Waals surface area contributed by atoms with Crippen molar-refractivity contribution < 1.29 is 26.2 Å². The van der Waals surface area contributed by atoms with Gasteiger partial charge in [-0.25, -0.2) is 8.42 Å². The minimum atomic E-state index is -4.37. The summed E-state index contributed by atoms with van der Waals surface area (Å²) in [7, 11) is -7.86. The molecule has 19 heavy (non-hydrogen) atoms. The minimum absolute atomic E-state index is 0.0994. The lowest BCUT2D eigenvalue weighted by atomic mass is 10.2. The highest BCUT2D eigenvalue weighted by atomic mass is 32.2. The van der Waals surface area contributed by atoms with E-state index in [0.29, 0.717) is 5.56 Å². The molecule has 7 nitrogen and oxygen atoms in total. The molecule has 0 heterocycles. The summed E-state index contributed by atoms with van der Waals surface area (Å²) in [5, 5.41) is 0. The molecule has 0 saturated carbocycles. The summed E-state index contributed by atoms with van der Waals surface area (Å²) in [5.41, 5.74) is 4.91. The average molecular weight is 309 g/mol. The van der Waals surface area contributed by atoms with Gasteiger partial charge in [0.25, 0.3) is 10.1 Å². The molecule has 3 N–H and O–H groups in total. The van der Waals surface area contributed by atoms with Crippen molar-refractivity contribution in [1.29, 1.82) is 0 Å². The largest absolute Gasteiger partial charge is 0.370 e. The normalized spacial score (nSPS) is 11.4. The molecule has 0 atom stereocenters. The summed E-state index contributed by atoms with van der Waals surface area (Å²) in [6.45, 7) is 2.85. The monoisotopic (exact) mass is 309 g/mol. The molecular formula is C10H15NO6S2. The topological polar surface area (TPSA) is 132 Å². The third kappa shape index (κ3) is 6.32. The maximum atomic E-state index is 11.3. The maximum Gasteiger partial charge on any atom is 0.294 e. The lowest BCUT2D eigenvalue weighted by Crippen LogP contribution is -2.04. The molecule has 0 saturated heterocycles. The zero-order chi connectivity index (χ0) is 15.4. The number of carbonyl (C=O) groups is 1. The second-order valence-electron chi connectivity index (χ2n) is 3.79. The van der Waals surface area contributed by atoms with E-state index >= 15 is 0 Å². The van der Waals surface area contributed by atoms with Crippen molar-refractivity contribution in [3.05, 3.63) is 23.8 Å². The van der Waals surface area contributed by atoms with Crippen molar-refractivity contribution >= 4 is 25.9 Å². The molecule has 0 unspecified atom stereocenters. The fraction of sp³-hybridized carbons (Fsp3) is 0.300. The van der Waals surface area contributed by atoms with Gasteiger partial charge in [0.1, 0.15) is 0 Å². The molecule has 1 aromatic rings. The first-order chi connectivity index (χ1) is 8.35. The predicted octanol–water partition coefficient (Wildman–Crippen LogP) is 0.137. The third-order valence-electron chi connectivity index (χ3n) is 1.86. The number of aryl methyl sites for hydroxylation is 1.